The van der Waals surface area contributed by atoms with Crippen molar-refractivity contribution >= 4 is 16.9 Å². The van der Waals surface area contributed by atoms with E-state index in [1.807, 2.05) is 24.3 Å². The van der Waals surface area contributed by atoms with Gasteiger partial charge < -0.3 is 29.4 Å². The number of carbonyl (C=O) groups is 1. The SMILES string of the molecule is NCc1oc(-c2ccc(OC(F)F)c(OCC3CC3)c2)nc1C(=O)NCc1coc2ccccc12. The summed E-state index contributed by atoms with van der Waals surface area (Å²) in [4.78, 5) is 17.2. The second-order valence-electron chi connectivity index (χ2n) is 8.23. The zero-order valence-corrected chi connectivity index (χ0v) is 18.6. The Labute approximate surface area is 199 Å². The number of halogens is 2. The Hall–Kier alpha value is -3.92. The van der Waals surface area contributed by atoms with Crippen LogP contribution >= 0.6 is 0 Å². The molecule has 2 heterocycles. The number of nitrogens with one attached hydrogen (secondary N) is 1. The highest BCUT2D eigenvalue weighted by Crippen LogP contribution is 2.36. The molecule has 2 aromatic carbocycles. The fraction of sp³-hybridized carbons (Fsp3) is 0.280. The second kappa shape index (κ2) is 9.75. The first-order valence-electron chi connectivity index (χ1n) is 11.2. The minimum atomic E-state index is -2.99. The molecule has 35 heavy (non-hydrogen) atoms. The van der Waals surface area contributed by atoms with Crippen LogP contribution in [-0.4, -0.2) is 24.1 Å². The summed E-state index contributed by atoms with van der Waals surface area (Å²) in [6.45, 7) is -2.42. The molecular formula is C25H23F2N3O5. The Kier molecular flexibility index (Phi) is 6.37. The van der Waals surface area contributed by atoms with E-state index in [-0.39, 0.29) is 41.9 Å². The van der Waals surface area contributed by atoms with Gasteiger partial charge in [0, 0.05) is 23.1 Å². The number of nitrogens with two attached hydrogens (primary N) is 1. The molecule has 1 saturated carbocycles. The van der Waals surface area contributed by atoms with Crippen LogP contribution in [0.5, 0.6) is 11.5 Å². The molecule has 182 valence electrons. The molecule has 1 amide bonds. The average Bonchev–Trinajstić information content (AvgIpc) is 3.44. The van der Waals surface area contributed by atoms with Crippen molar-refractivity contribution < 1.29 is 31.9 Å². The van der Waals surface area contributed by atoms with Crippen molar-refractivity contribution in [3.8, 4) is 23.0 Å². The van der Waals surface area contributed by atoms with Gasteiger partial charge in [0.05, 0.1) is 19.4 Å². The maximum Gasteiger partial charge on any atom is 0.387 e. The number of ether oxygens (including phenoxy) is 2. The number of furan rings is 1. The van der Waals surface area contributed by atoms with Gasteiger partial charge in [0.2, 0.25) is 5.89 Å². The number of carbonyl (C=O) groups excluding carboxylic acids is 1. The first-order valence-corrected chi connectivity index (χ1v) is 11.2. The number of alkyl halides is 2. The molecule has 1 fully saturated rings. The third-order valence-electron chi connectivity index (χ3n) is 5.68. The van der Waals surface area contributed by atoms with Crippen molar-refractivity contribution in [2.75, 3.05) is 6.61 Å². The molecule has 0 saturated heterocycles. The molecule has 0 atom stereocenters. The number of benzene rings is 2. The van der Waals surface area contributed by atoms with Crippen LogP contribution in [0.15, 0.2) is 57.6 Å². The number of rotatable bonds is 10. The summed E-state index contributed by atoms with van der Waals surface area (Å²) < 4.78 is 47.1. The van der Waals surface area contributed by atoms with E-state index in [1.54, 1.807) is 6.26 Å². The number of para-hydroxylation sites is 1. The maximum absolute atomic E-state index is 12.9. The Bertz CT molecular complexity index is 1350. The monoisotopic (exact) mass is 483 g/mol. The predicted octanol–water partition coefficient (Wildman–Crippen LogP) is 4.87. The summed E-state index contributed by atoms with van der Waals surface area (Å²) in [7, 11) is 0. The van der Waals surface area contributed by atoms with Crippen molar-refractivity contribution in [3.05, 3.63) is 65.7 Å². The minimum Gasteiger partial charge on any atom is -0.489 e. The molecule has 5 rings (SSSR count). The number of aromatic nitrogens is 1. The normalized spacial score (nSPS) is 13.4. The molecule has 2 aromatic heterocycles. The van der Waals surface area contributed by atoms with Crippen LogP contribution in [0, 0.1) is 5.92 Å². The lowest BCUT2D eigenvalue weighted by Gasteiger charge is -2.12. The summed E-state index contributed by atoms with van der Waals surface area (Å²) in [5, 5.41) is 3.71. The smallest absolute Gasteiger partial charge is 0.387 e. The van der Waals surface area contributed by atoms with E-state index in [0.29, 0.717) is 18.1 Å². The minimum absolute atomic E-state index is 0.0451. The summed E-state index contributed by atoms with van der Waals surface area (Å²) in [5.41, 5.74) is 7.81. The molecule has 0 bridgehead atoms. The summed E-state index contributed by atoms with van der Waals surface area (Å²) in [6.07, 6.45) is 3.67. The van der Waals surface area contributed by atoms with E-state index >= 15 is 0 Å². The molecule has 3 N–H and O–H groups in total. The number of nitrogens with zero attached hydrogens (tertiary/aromatic N) is 1. The van der Waals surface area contributed by atoms with Gasteiger partial charge in [0.1, 0.15) is 5.58 Å². The summed E-state index contributed by atoms with van der Waals surface area (Å²) in [5.74, 6) is 0.326. The van der Waals surface area contributed by atoms with Crippen molar-refractivity contribution in [3.63, 3.8) is 0 Å². The Morgan fingerprint density at radius 3 is 2.80 bits per heavy atom. The number of oxazole rings is 1. The lowest BCUT2D eigenvalue weighted by atomic mass is 10.2. The van der Waals surface area contributed by atoms with Crippen molar-refractivity contribution in [2.24, 2.45) is 11.7 Å². The molecule has 0 spiro atoms. The van der Waals surface area contributed by atoms with Gasteiger partial charge in [-0.2, -0.15) is 8.78 Å². The zero-order chi connectivity index (χ0) is 24.4. The topological polar surface area (TPSA) is 113 Å². The van der Waals surface area contributed by atoms with E-state index in [2.05, 4.69) is 15.0 Å². The summed E-state index contributed by atoms with van der Waals surface area (Å²) in [6, 6.07) is 11.9. The van der Waals surface area contributed by atoms with Crippen LogP contribution in [0.4, 0.5) is 8.78 Å². The van der Waals surface area contributed by atoms with E-state index < -0.39 is 12.5 Å². The van der Waals surface area contributed by atoms with Crippen molar-refractivity contribution in [2.45, 2.75) is 32.5 Å². The highest BCUT2D eigenvalue weighted by molar-refractivity contribution is 5.94. The fourth-order valence-electron chi connectivity index (χ4n) is 3.66. The lowest BCUT2D eigenvalue weighted by Crippen LogP contribution is -2.24. The molecular weight excluding hydrogens is 460 g/mol. The van der Waals surface area contributed by atoms with Gasteiger partial charge in [-0.25, -0.2) is 4.98 Å². The predicted molar refractivity (Wildman–Crippen MR) is 122 cm³/mol. The van der Waals surface area contributed by atoms with E-state index in [4.69, 9.17) is 19.3 Å². The van der Waals surface area contributed by atoms with E-state index in [1.165, 1.54) is 18.2 Å². The maximum atomic E-state index is 12.9. The number of fused-ring (bicyclic) bond motifs is 1. The first kappa shape index (κ1) is 22.9. The highest BCUT2D eigenvalue weighted by Gasteiger charge is 2.25. The Morgan fingerprint density at radius 2 is 2.03 bits per heavy atom. The highest BCUT2D eigenvalue weighted by atomic mass is 19.3. The zero-order valence-electron chi connectivity index (χ0n) is 18.6. The molecule has 1 aliphatic carbocycles. The third-order valence-corrected chi connectivity index (χ3v) is 5.68. The molecule has 4 aromatic rings. The average molecular weight is 483 g/mol. The quantitative estimate of drug-likeness (QED) is 0.331. The third kappa shape index (κ3) is 5.12. The van der Waals surface area contributed by atoms with Gasteiger partial charge in [-0.05, 0) is 43.0 Å². The van der Waals surface area contributed by atoms with Gasteiger partial charge in [0.15, 0.2) is 23.0 Å². The molecule has 1 aliphatic rings. The largest absolute Gasteiger partial charge is 0.489 e. The number of hydrogen-bond acceptors (Lipinski definition) is 7. The van der Waals surface area contributed by atoms with Crippen LogP contribution in [-0.2, 0) is 13.1 Å². The van der Waals surface area contributed by atoms with Crippen LogP contribution < -0.4 is 20.5 Å². The van der Waals surface area contributed by atoms with Crippen LogP contribution in [0.3, 0.4) is 0 Å². The first-order chi connectivity index (χ1) is 17.0. The lowest BCUT2D eigenvalue weighted by molar-refractivity contribution is -0.0515. The van der Waals surface area contributed by atoms with Gasteiger partial charge in [0.25, 0.3) is 5.91 Å². The standard InChI is InChI=1S/C25H23F2N3O5/c26-25(27)35-19-8-7-15(9-20(19)32-12-14-5-6-14)24-30-22(21(10-28)34-24)23(31)29-11-16-13-33-18-4-2-1-3-17(16)18/h1-4,7-9,13-14,25H,5-6,10-12,28H2,(H,29,31). The van der Waals surface area contributed by atoms with Crippen molar-refractivity contribution in [1.29, 1.82) is 0 Å². The Balaban J connectivity index is 1.36. The van der Waals surface area contributed by atoms with Gasteiger partial charge >= 0.3 is 6.61 Å². The summed E-state index contributed by atoms with van der Waals surface area (Å²) >= 11 is 0. The van der Waals surface area contributed by atoms with E-state index in [0.717, 1.165) is 29.4 Å². The molecule has 0 aliphatic heterocycles. The van der Waals surface area contributed by atoms with Crippen LogP contribution in [0.25, 0.3) is 22.4 Å². The fourth-order valence-corrected chi connectivity index (χ4v) is 3.66. The number of amides is 1. The van der Waals surface area contributed by atoms with E-state index in [9.17, 15) is 13.6 Å². The molecule has 0 radical (unpaired) electrons. The van der Waals surface area contributed by atoms with Crippen LogP contribution in [0.2, 0.25) is 0 Å². The van der Waals surface area contributed by atoms with Crippen molar-refractivity contribution in [1.82, 2.24) is 10.3 Å². The molecule has 8 nitrogen and oxygen atoms in total. The Morgan fingerprint density at radius 1 is 1.20 bits per heavy atom. The van der Waals surface area contributed by atoms with Crippen LogP contribution in [0.1, 0.15) is 34.7 Å². The van der Waals surface area contributed by atoms with Gasteiger partial charge in [-0.3, -0.25) is 4.79 Å². The van der Waals surface area contributed by atoms with Gasteiger partial charge in [-0.1, -0.05) is 18.2 Å². The van der Waals surface area contributed by atoms with Gasteiger partial charge in [-0.15, -0.1) is 0 Å². The molecule has 0 unspecified atom stereocenters. The number of hydrogen-bond donors (Lipinski definition) is 2. The second-order valence-corrected chi connectivity index (χ2v) is 8.23. The molecule has 10 heteroatoms.